The van der Waals surface area contributed by atoms with Crippen LogP contribution in [0.25, 0.3) is 0 Å². The largest absolute Gasteiger partial charge is 0.445 e. The van der Waals surface area contributed by atoms with Crippen LogP contribution in [0.15, 0.2) is 30.3 Å². The highest BCUT2D eigenvalue weighted by molar-refractivity contribution is 5.69. The molecule has 1 N–H and O–H groups in total. The van der Waals surface area contributed by atoms with E-state index in [9.17, 15) is 9.59 Å². The van der Waals surface area contributed by atoms with E-state index in [0.29, 0.717) is 26.2 Å². The minimum Gasteiger partial charge on any atom is -0.445 e. The summed E-state index contributed by atoms with van der Waals surface area (Å²) in [5.41, 5.74) is 0.486. The van der Waals surface area contributed by atoms with Crippen molar-refractivity contribution >= 4 is 12.2 Å². The number of alkyl carbamates (subject to hydrolysis) is 1. The lowest BCUT2D eigenvalue weighted by molar-refractivity contribution is -0.0636. The molecule has 0 unspecified atom stereocenters. The van der Waals surface area contributed by atoms with Crippen molar-refractivity contribution in [2.24, 2.45) is 0 Å². The second-order valence-electron chi connectivity index (χ2n) is 7.57. The molecule has 1 heterocycles. The van der Waals surface area contributed by atoms with E-state index in [2.05, 4.69) is 5.32 Å². The van der Waals surface area contributed by atoms with Gasteiger partial charge in [-0.1, -0.05) is 30.3 Å². The Balaban J connectivity index is 1.43. The van der Waals surface area contributed by atoms with Gasteiger partial charge in [-0.2, -0.15) is 0 Å². The lowest BCUT2D eigenvalue weighted by Gasteiger charge is -2.39. The SMILES string of the molecule is CC(C)(C)OC(=O)N1CC(OCCCCNC(=O)OCc2ccccc2)C1. The van der Waals surface area contributed by atoms with Gasteiger partial charge < -0.3 is 24.4 Å². The zero-order chi connectivity index (χ0) is 19.7. The number of carbonyl (C=O) groups is 2. The maximum absolute atomic E-state index is 11.8. The van der Waals surface area contributed by atoms with E-state index in [1.54, 1.807) is 4.90 Å². The number of hydrogen-bond donors (Lipinski definition) is 1. The van der Waals surface area contributed by atoms with Crippen molar-refractivity contribution in [1.82, 2.24) is 10.2 Å². The molecular weight excluding hydrogens is 348 g/mol. The van der Waals surface area contributed by atoms with Crippen LogP contribution in [0, 0.1) is 0 Å². The van der Waals surface area contributed by atoms with E-state index in [-0.39, 0.29) is 18.8 Å². The van der Waals surface area contributed by atoms with Crippen LogP contribution in [0.3, 0.4) is 0 Å². The topological polar surface area (TPSA) is 77.1 Å². The van der Waals surface area contributed by atoms with Crippen LogP contribution in [0.5, 0.6) is 0 Å². The van der Waals surface area contributed by atoms with Gasteiger partial charge in [0.25, 0.3) is 0 Å². The van der Waals surface area contributed by atoms with Crippen molar-refractivity contribution in [3.8, 4) is 0 Å². The quantitative estimate of drug-likeness (QED) is 0.702. The molecule has 1 saturated heterocycles. The fraction of sp³-hybridized carbons (Fsp3) is 0.600. The van der Waals surface area contributed by atoms with Crippen LogP contribution in [-0.4, -0.2) is 55.0 Å². The van der Waals surface area contributed by atoms with Gasteiger partial charge in [0.1, 0.15) is 12.2 Å². The van der Waals surface area contributed by atoms with Gasteiger partial charge in [0, 0.05) is 13.2 Å². The third-order valence-corrected chi connectivity index (χ3v) is 3.91. The molecule has 0 aliphatic carbocycles. The predicted molar refractivity (Wildman–Crippen MR) is 101 cm³/mol. The molecule has 27 heavy (non-hydrogen) atoms. The van der Waals surface area contributed by atoms with Crippen molar-refractivity contribution in [2.45, 2.75) is 51.9 Å². The van der Waals surface area contributed by atoms with Gasteiger partial charge in [0.15, 0.2) is 0 Å². The molecule has 2 amide bonds. The first kappa shape index (κ1) is 21.0. The standard InChI is InChI=1S/C20H30N2O5/c1-20(2,3)27-19(24)22-13-17(14-22)25-12-8-7-11-21-18(23)26-15-16-9-5-4-6-10-16/h4-6,9-10,17H,7-8,11-15H2,1-3H3,(H,21,23). The third kappa shape index (κ3) is 8.30. The minimum atomic E-state index is -0.474. The molecular formula is C20H30N2O5. The lowest BCUT2D eigenvalue weighted by Crippen LogP contribution is -2.55. The molecule has 7 nitrogen and oxygen atoms in total. The second-order valence-corrected chi connectivity index (χ2v) is 7.57. The van der Waals surface area contributed by atoms with Gasteiger partial charge in [-0.25, -0.2) is 9.59 Å². The van der Waals surface area contributed by atoms with Crippen LogP contribution in [-0.2, 0) is 20.8 Å². The summed E-state index contributed by atoms with van der Waals surface area (Å²) in [5.74, 6) is 0. The Bertz CT molecular complexity index is 594. The van der Waals surface area contributed by atoms with Crippen LogP contribution in [0.2, 0.25) is 0 Å². The second kappa shape index (κ2) is 10.2. The Morgan fingerprint density at radius 2 is 1.85 bits per heavy atom. The van der Waals surface area contributed by atoms with Crippen LogP contribution in [0.4, 0.5) is 9.59 Å². The van der Waals surface area contributed by atoms with E-state index in [1.165, 1.54) is 0 Å². The Morgan fingerprint density at radius 3 is 2.52 bits per heavy atom. The summed E-state index contributed by atoms with van der Waals surface area (Å²) < 4.78 is 16.1. The first-order valence-electron chi connectivity index (χ1n) is 9.37. The van der Waals surface area contributed by atoms with Crippen molar-refractivity contribution in [2.75, 3.05) is 26.2 Å². The van der Waals surface area contributed by atoms with E-state index >= 15 is 0 Å². The molecule has 150 valence electrons. The highest BCUT2D eigenvalue weighted by Gasteiger charge is 2.34. The average Bonchev–Trinajstić information content (AvgIpc) is 2.56. The first-order chi connectivity index (χ1) is 12.8. The normalized spacial score (nSPS) is 14.4. The fourth-order valence-corrected chi connectivity index (χ4v) is 2.46. The van der Waals surface area contributed by atoms with Crippen molar-refractivity contribution in [3.05, 3.63) is 35.9 Å². The average molecular weight is 378 g/mol. The number of likely N-dealkylation sites (tertiary alicyclic amines) is 1. The van der Waals surface area contributed by atoms with E-state index in [4.69, 9.17) is 14.2 Å². The summed E-state index contributed by atoms with van der Waals surface area (Å²) in [4.78, 5) is 25.0. The summed E-state index contributed by atoms with van der Waals surface area (Å²) in [6, 6.07) is 9.56. The van der Waals surface area contributed by atoms with Gasteiger partial charge in [0.2, 0.25) is 0 Å². The van der Waals surface area contributed by atoms with Gasteiger partial charge >= 0.3 is 12.2 Å². The van der Waals surface area contributed by atoms with Crippen LogP contribution < -0.4 is 5.32 Å². The van der Waals surface area contributed by atoms with Gasteiger partial charge in [-0.15, -0.1) is 0 Å². The molecule has 1 aromatic carbocycles. The molecule has 2 rings (SSSR count). The predicted octanol–water partition coefficient (Wildman–Crippen LogP) is 3.33. The molecule has 1 aliphatic heterocycles. The van der Waals surface area contributed by atoms with Crippen LogP contribution in [0.1, 0.15) is 39.2 Å². The van der Waals surface area contributed by atoms with Gasteiger partial charge in [-0.05, 0) is 39.2 Å². The molecule has 0 bridgehead atoms. The number of unbranched alkanes of at least 4 members (excludes halogenated alkanes) is 1. The Hall–Kier alpha value is -2.28. The Labute approximate surface area is 161 Å². The smallest absolute Gasteiger partial charge is 0.410 e. The molecule has 0 aromatic heterocycles. The zero-order valence-corrected chi connectivity index (χ0v) is 16.4. The molecule has 1 aromatic rings. The minimum absolute atomic E-state index is 0.0707. The number of amides is 2. The monoisotopic (exact) mass is 378 g/mol. The molecule has 0 radical (unpaired) electrons. The lowest BCUT2D eigenvalue weighted by atomic mass is 10.1. The number of nitrogens with zero attached hydrogens (tertiary/aromatic N) is 1. The summed E-state index contributed by atoms with van der Waals surface area (Å²) in [6.45, 7) is 8.11. The van der Waals surface area contributed by atoms with Crippen LogP contribution >= 0.6 is 0 Å². The fourth-order valence-electron chi connectivity index (χ4n) is 2.46. The first-order valence-corrected chi connectivity index (χ1v) is 9.37. The number of rotatable bonds is 8. The molecule has 7 heteroatoms. The molecule has 0 spiro atoms. The van der Waals surface area contributed by atoms with E-state index < -0.39 is 11.7 Å². The molecule has 0 saturated carbocycles. The molecule has 1 aliphatic rings. The van der Waals surface area contributed by atoms with Crippen molar-refractivity contribution < 1.29 is 23.8 Å². The van der Waals surface area contributed by atoms with Gasteiger partial charge in [0.05, 0.1) is 19.2 Å². The molecule has 1 fully saturated rings. The van der Waals surface area contributed by atoms with E-state index in [1.807, 2.05) is 51.1 Å². The van der Waals surface area contributed by atoms with Gasteiger partial charge in [-0.3, -0.25) is 0 Å². The third-order valence-electron chi connectivity index (χ3n) is 3.91. The number of nitrogens with one attached hydrogen (secondary N) is 1. The number of benzene rings is 1. The van der Waals surface area contributed by atoms with E-state index in [0.717, 1.165) is 18.4 Å². The maximum Gasteiger partial charge on any atom is 0.410 e. The summed E-state index contributed by atoms with van der Waals surface area (Å²) in [6.07, 6.45) is 1.01. The van der Waals surface area contributed by atoms with Crippen molar-refractivity contribution in [1.29, 1.82) is 0 Å². The zero-order valence-electron chi connectivity index (χ0n) is 16.4. The highest BCUT2D eigenvalue weighted by atomic mass is 16.6. The Kier molecular flexibility index (Phi) is 7.91. The summed E-state index contributed by atoms with van der Waals surface area (Å²) >= 11 is 0. The number of ether oxygens (including phenoxy) is 3. The Morgan fingerprint density at radius 1 is 1.15 bits per heavy atom. The highest BCUT2D eigenvalue weighted by Crippen LogP contribution is 2.17. The summed E-state index contributed by atoms with van der Waals surface area (Å²) in [5, 5.41) is 2.73. The summed E-state index contributed by atoms with van der Waals surface area (Å²) in [7, 11) is 0. The maximum atomic E-state index is 11.8. The number of carbonyl (C=O) groups excluding carboxylic acids is 2. The molecule has 0 atom stereocenters. The van der Waals surface area contributed by atoms with Crippen molar-refractivity contribution in [3.63, 3.8) is 0 Å². The number of hydrogen-bond acceptors (Lipinski definition) is 5.